The van der Waals surface area contributed by atoms with Crippen LogP contribution in [0.1, 0.15) is 25.1 Å². The van der Waals surface area contributed by atoms with Crippen molar-refractivity contribution in [3.63, 3.8) is 0 Å². The first-order valence-corrected chi connectivity index (χ1v) is 7.43. The van der Waals surface area contributed by atoms with Gasteiger partial charge in [0.25, 0.3) is 0 Å². The predicted molar refractivity (Wildman–Crippen MR) is 87.6 cm³/mol. The molecule has 112 valence electrons. The smallest absolute Gasteiger partial charge is 0.129 e. The molecular weight excluding hydrogens is 284 g/mol. The van der Waals surface area contributed by atoms with E-state index in [1.54, 1.807) is 6.20 Å². The molecule has 21 heavy (non-hydrogen) atoms. The molecule has 2 heterocycles. The van der Waals surface area contributed by atoms with Crippen molar-refractivity contribution in [1.82, 2.24) is 15.3 Å². The summed E-state index contributed by atoms with van der Waals surface area (Å²) in [6, 6.07) is 8.25. The third-order valence-corrected chi connectivity index (χ3v) is 3.46. The SMILES string of the molecule is CC(C)NCc1nc(N(C)Cc2cccnc2)ccc1Cl. The molecule has 0 fully saturated rings. The molecule has 0 saturated carbocycles. The van der Waals surface area contributed by atoms with Gasteiger partial charge in [0.2, 0.25) is 0 Å². The van der Waals surface area contributed by atoms with E-state index >= 15 is 0 Å². The Bertz CT molecular complexity index is 572. The van der Waals surface area contributed by atoms with Crippen LogP contribution in [0.25, 0.3) is 0 Å². The lowest BCUT2D eigenvalue weighted by Gasteiger charge is -2.19. The summed E-state index contributed by atoms with van der Waals surface area (Å²) in [5.41, 5.74) is 2.03. The number of halogens is 1. The van der Waals surface area contributed by atoms with Crippen LogP contribution in [0.4, 0.5) is 5.82 Å². The maximum absolute atomic E-state index is 6.21. The van der Waals surface area contributed by atoms with Gasteiger partial charge in [-0.25, -0.2) is 4.98 Å². The Kier molecular flexibility index (Phi) is 5.53. The van der Waals surface area contributed by atoms with Crippen molar-refractivity contribution in [2.75, 3.05) is 11.9 Å². The van der Waals surface area contributed by atoms with Crippen molar-refractivity contribution in [3.8, 4) is 0 Å². The highest BCUT2D eigenvalue weighted by molar-refractivity contribution is 6.31. The molecule has 0 aromatic carbocycles. The summed E-state index contributed by atoms with van der Waals surface area (Å²) in [5.74, 6) is 0.906. The fourth-order valence-corrected chi connectivity index (χ4v) is 2.13. The number of hydrogen-bond donors (Lipinski definition) is 1. The highest BCUT2D eigenvalue weighted by Gasteiger charge is 2.08. The first-order valence-electron chi connectivity index (χ1n) is 7.05. The van der Waals surface area contributed by atoms with Crippen molar-refractivity contribution < 1.29 is 0 Å². The first-order chi connectivity index (χ1) is 10.1. The number of nitrogens with one attached hydrogen (secondary N) is 1. The number of pyridine rings is 2. The lowest BCUT2D eigenvalue weighted by molar-refractivity contribution is 0.581. The number of nitrogens with zero attached hydrogens (tertiary/aromatic N) is 3. The Morgan fingerprint density at radius 2 is 2.10 bits per heavy atom. The summed E-state index contributed by atoms with van der Waals surface area (Å²) in [4.78, 5) is 10.9. The minimum absolute atomic E-state index is 0.402. The van der Waals surface area contributed by atoms with Crippen LogP contribution in [0.5, 0.6) is 0 Å². The van der Waals surface area contributed by atoms with E-state index in [1.807, 2.05) is 31.4 Å². The number of rotatable bonds is 6. The van der Waals surface area contributed by atoms with Crippen LogP contribution in [0.15, 0.2) is 36.7 Å². The molecule has 2 aromatic heterocycles. The standard InChI is InChI=1S/C16H21ClN4/c1-12(2)19-10-15-14(17)6-7-16(20-15)21(3)11-13-5-4-8-18-9-13/h4-9,12,19H,10-11H2,1-3H3. The van der Waals surface area contributed by atoms with Gasteiger partial charge in [-0.15, -0.1) is 0 Å². The zero-order chi connectivity index (χ0) is 15.2. The maximum Gasteiger partial charge on any atom is 0.129 e. The van der Waals surface area contributed by atoms with E-state index < -0.39 is 0 Å². The van der Waals surface area contributed by atoms with Gasteiger partial charge in [-0.2, -0.15) is 0 Å². The zero-order valence-corrected chi connectivity index (χ0v) is 13.4. The Morgan fingerprint density at radius 3 is 2.76 bits per heavy atom. The Balaban J connectivity index is 2.10. The molecule has 0 bridgehead atoms. The number of aromatic nitrogens is 2. The average Bonchev–Trinajstić information content (AvgIpc) is 2.47. The largest absolute Gasteiger partial charge is 0.355 e. The molecule has 0 atom stereocenters. The van der Waals surface area contributed by atoms with Gasteiger partial charge in [0.15, 0.2) is 0 Å². The van der Waals surface area contributed by atoms with Crippen molar-refractivity contribution >= 4 is 17.4 Å². The fraction of sp³-hybridized carbons (Fsp3) is 0.375. The number of anilines is 1. The third-order valence-electron chi connectivity index (χ3n) is 3.12. The normalized spacial score (nSPS) is 10.9. The molecule has 0 unspecified atom stereocenters. The molecule has 4 nitrogen and oxygen atoms in total. The molecule has 0 amide bonds. The van der Waals surface area contributed by atoms with Gasteiger partial charge in [0, 0.05) is 38.6 Å². The summed E-state index contributed by atoms with van der Waals surface area (Å²) in [6.07, 6.45) is 3.65. The second kappa shape index (κ2) is 7.38. The van der Waals surface area contributed by atoms with Gasteiger partial charge >= 0.3 is 0 Å². The third kappa shape index (κ3) is 4.69. The van der Waals surface area contributed by atoms with Gasteiger partial charge in [-0.05, 0) is 23.8 Å². The van der Waals surface area contributed by atoms with E-state index in [4.69, 9.17) is 11.6 Å². The molecular formula is C16H21ClN4. The molecule has 0 radical (unpaired) electrons. The van der Waals surface area contributed by atoms with Crippen LogP contribution in [0.2, 0.25) is 5.02 Å². The molecule has 0 spiro atoms. The minimum atomic E-state index is 0.402. The molecule has 2 aromatic rings. The maximum atomic E-state index is 6.21. The van der Waals surface area contributed by atoms with Crippen molar-refractivity contribution in [2.24, 2.45) is 0 Å². The van der Waals surface area contributed by atoms with E-state index in [0.29, 0.717) is 17.6 Å². The lowest BCUT2D eigenvalue weighted by Crippen LogP contribution is -2.24. The van der Waals surface area contributed by atoms with Crippen LogP contribution < -0.4 is 10.2 Å². The monoisotopic (exact) mass is 304 g/mol. The number of hydrogen-bond acceptors (Lipinski definition) is 4. The van der Waals surface area contributed by atoms with Crippen LogP contribution in [0.3, 0.4) is 0 Å². The summed E-state index contributed by atoms with van der Waals surface area (Å²) >= 11 is 6.21. The predicted octanol–water partition coefficient (Wildman–Crippen LogP) is 3.26. The van der Waals surface area contributed by atoms with Crippen molar-refractivity contribution in [1.29, 1.82) is 0 Å². The highest BCUT2D eigenvalue weighted by atomic mass is 35.5. The summed E-state index contributed by atoms with van der Waals surface area (Å²) < 4.78 is 0. The van der Waals surface area contributed by atoms with Crippen LogP contribution in [0, 0.1) is 0 Å². The first kappa shape index (κ1) is 15.7. The summed E-state index contributed by atoms with van der Waals surface area (Å²) in [5, 5.41) is 4.04. The second-order valence-corrected chi connectivity index (χ2v) is 5.76. The van der Waals surface area contributed by atoms with Crippen molar-refractivity contribution in [2.45, 2.75) is 33.0 Å². The molecule has 5 heteroatoms. The molecule has 2 rings (SSSR count). The Morgan fingerprint density at radius 1 is 1.29 bits per heavy atom. The molecule has 1 N–H and O–H groups in total. The van der Waals surface area contributed by atoms with Gasteiger partial charge in [-0.3, -0.25) is 4.98 Å². The van der Waals surface area contributed by atoms with Crippen LogP contribution in [-0.2, 0) is 13.1 Å². The average molecular weight is 305 g/mol. The molecule has 0 aliphatic rings. The van der Waals surface area contributed by atoms with Gasteiger partial charge < -0.3 is 10.2 Å². The summed E-state index contributed by atoms with van der Waals surface area (Å²) in [7, 11) is 2.02. The van der Waals surface area contributed by atoms with Crippen LogP contribution in [-0.4, -0.2) is 23.1 Å². The molecule has 0 saturated heterocycles. The van der Waals surface area contributed by atoms with E-state index in [-0.39, 0.29) is 0 Å². The van der Waals surface area contributed by atoms with Gasteiger partial charge in [-0.1, -0.05) is 31.5 Å². The Hall–Kier alpha value is -1.65. The molecule has 0 aliphatic carbocycles. The van der Waals surface area contributed by atoms with E-state index in [0.717, 1.165) is 23.6 Å². The summed E-state index contributed by atoms with van der Waals surface area (Å²) in [6.45, 7) is 5.64. The highest BCUT2D eigenvalue weighted by Crippen LogP contribution is 2.20. The van der Waals surface area contributed by atoms with Crippen molar-refractivity contribution in [3.05, 3.63) is 52.9 Å². The van der Waals surface area contributed by atoms with E-state index in [2.05, 4.69) is 40.1 Å². The van der Waals surface area contributed by atoms with E-state index in [1.165, 1.54) is 0 Å². The zero-order valence-electron chi connectivity index (χ0n) is 12.7. The van der Waals surface area contributed by atoms with Gasteiger partial charge in [0.1, 0.15) is 5.82 Å². The minimum Gasteiger partial charge on any atom is -0.355 e. The van der Waals surface area contributed by atoms with Crippen LogP contribution >= 0.6 is 11.6 Å². The second-order valence-electron chi connectivity index (χ2n) is 5.35. The van der Waals surface area contributed by atoms with E-state index in [9.17, 15) is 0 Å². The Labute approximate surface area is 131 Å². The lowest BCUT2D eigenvalue weighted by atomic mass is 10.2. The molecule has 0 aliphatic heterocycles. The van der Waals surface area contributed by atoms with Gasteiger partial charge in [0.05, 0.1) is 10.7 Å². The quantitative estimate of drug-likeness (QED) is 0.889. The fourth-order valence-electron chi connectivity index (χ4n) is 1.96. The topological polar surface area (TPSA) is 41.1 Å².